The van der Waals surface area contributed by atoms with E-state index in [0.717, 1.165) is 19.3 Å². The summed E-state index contributed by atoms with van der Waals surface area (Å²) in [6.07, 6.45) is 11.8. The van der Waals surface area contributed by atoms with Crippen LogP contribution >= 0.6 is 0 Å². The molecule has 0 amide bonds. The maximum Gasteiger partial charge on any atom is 0.451 e. The van der Waals surface area contributed by atoms with E-state index in [9.17, 15) is 28.8 Å². The molecule has 2 rings (SSSR count). The fraction of sp³-hybridized carbons (Fsp3) is 0.800. The van der Waals surface area contributed by atoms with E-state index in [1.807, 2.05) is 0 Å². The lowest BCUT2D eigenvalue weighted by Gasteiger charge is -2.38. The highest BCUT2D eigenvalue weighted by Crippen LogP contribution is 2.30. The Morgan fingerprint density at radius 1 is 0.707 bits per heavy atom. The van der Waals surface area contributed by atoms with Gasteiger partial charge in [0.25, 0.3) is 0 Å². The summed E-state index contributed by atoms with van der Waals surface area (Å²) in [5, 5.41) is 39.0. The zero-order valence-electron chi connectivity index (χ0n) is 24.6. The Balaban J connectivity index is 1.59. The minimum atomic E-state index is -4.76. The molecule has 5 atom stereocenters. The van der Waals surface area contributed by atoms with Crippen LogP contribution in [-0.4, -0.2) is 72.8 Å². The third kappa shape index (κ3) is 14.0. The van der Waals surface area contributed by atoms with Crippen LogP contribution in [-0.2, 0) is 19.3 Å². The Hall–Kier alpha value is -1.47. The summed E-state index contributed by atoms with van der Waals surface area (Å²) in [5.74, 6) is 0.114. The largest absolute Gasteiger partial charge is 0.490 e. The van der Waals surface area contributed by atoms with Gasteiger partial charge >= 0.3 is 10.4 Å². The maximum absolute atomic E-state index is 12.5. The molecule has 41 heavy (non-hydrogen) atoms. The van der Waals surface area contributed by atoms with E-state index in [1.54, 1.807) is 18.2 Å². The highest BCUT2D eigenvalue weighted by atomic mass is 32.3. The monoisotopic (exact) mass is 604 g/mol. The molecule has 0 bridgehead atoms. The molecule has 0 radical (unpaired) electrons. The zero-order valence-corrected chi connectivity index (χ0v) is 25.4. The average Bonchev–Trinajstić information content (AvgIpc) is 2.95. The second-order valence-corrected chi connectivity index (χ2v) is 12.1. The lowest BCUT2D eigenvalue weighted by Crippen LogP contribution is -2.59. The third-order valence-corrected chi connectivity index (χ3v) is 8.17. The first-order chi connectivity index (χ1) is 19.8. The first kappa shape index (κ1) is 35.7. The van der Waals surface area contributed by atoms with Gasteiger partial charge in [0.05, 0.1) is 13.2 Å². The van der Waals surface area contributed by atoms with Crippen molar-refractivity contribution < 1.29 is 46.7 Å². The number of hydrogen-bond acceptors (Lipinski definition) is 10. The number of ether oxygens (including phenoxy) is 2. The molecule has 1 saturated heterocycles. The standard InChI is InChI=1S/C30H52O10S/c1-2-3-4-5-6-7-8-9-10-11-12-13-14-15-16-19-22-37-24-20-17-18-21-25(24)39-41(35,36)40-30-29(34)28(33)27(32)26(23-31)38-30/h17-18,20-21,26-34H,2-16,19,22-23H2,1H3/t26-,27-,28+,29-,30+/m1/s1. The molecule has 1 aliphatic heterocycles. The van der Waals surface area contributed by atoms with Crippen LogP contribution in [0, 0.1) is 0 Å². The average molecular weight is 605 g/mol. The summed E-state index contributed by atoms with van der Waals surface area (Å²) in [4.78, 5) is 0. The van der Waals surface area contributed by atoms with Gasteiger partial charge in [-0.3, -0.25) is 0 Å². The minimum absolute atomic E-state index is 0.103. The lowest BCUT2D eigenvalue weighted by atomic mass is 10.00. The molecule has 0 spiro atoms. The van der Waals surface area contributed by atoms with Crippen LogP contribution in [0.15, 0.2) is 24.3 Å². The van der Waals surface area contributed by atoms with Crippen LogP contribution < -0.4 is 8.92 Å². The number of rotatable bonds is 23. The molecule has 1 aromatic carbocycles. The summed E-state index contributed by atoms with van der Waals surface area (Å²) in [7, 11) is -4.76. The molecule has 1 fully saturated rings. The van der Waals surface area contributed by atoms with Crippen LogP contribution in [0.1, 0.15) is 110 Å². The summed E-state index contributed by atoms with van der Waals surface area (Å²) >= 11 is 0. The van der Waals surface area contributed by atoms with Crippen molar-refractivity contribution in [3.8, 4) is 11.5 Å². The van der Waals surface area contributed by atoms with E-state index in [1.165, 1.54) is 89.5 Å². The highest BCUT2D eigenvalue weighted by Gasteiger charge is 2.46. The lowest BCUT2D eigenvalue weighted by molar-refractivity contribution is -0.277. The van der Waals surface area contributed by atoms with E-state index in [-0.39, 0.29) is 11.5 Å². The van der Waals surface area contributed by atoms with Crippen molar-refractivity contribution in [3.63, 3.8) is 0 Å². The number of aliphatic hydroxyl groups excluding tert-OH is 4. The van der Waals surface area contributed by atoms with Crippen molar-refractivity contribution in [2.24, 2.45) is 0 Å². The van der Waals surface area contributed by atoms with Gasteiger partial charge in [-0.05, 0) is 18.6 Å². The highest BCUT2D eigenvalue weighted by molar-refractivity contribution is 7.82. The molecule has 0 aliphatic carbocycles. The minimum Gasteiger partial charge on any atom is -0.490 e. The van der Waals surface area contributed by atoms with Gasteiger partial charge in [0.1, 0.15) is 24.4 Å². The Morgan fingerprint density at radius 2 is 1.20 bits per heavy atom. The Kier molecular flexibility index (Phi) is 17.8. The fourth-order valence-electron chi connectivity index (χ4n) is 4.86. The van der Waals surface area contributed by atoms with E-state index in [4.69, 9.17) is 17.8 Å². The van der Waals surface area contributed by atoms with E-state index in [2.05, 4.69) is 6.92 Å². The van der Waals surface area contributed by atoms with Gasteiger partial charge in [-0.2, -0.15) is 8.42 Å². The van der Waals surface area contributed by atoms with Crippen molar-refractivity contribution in [2.45, 2.75) is 140 Å². The predicted molar refractivity (Wildman–Crippen MR) is 156 cm³/mol. The van der Waals surface area contributed by atoms with E-state index < -0.39 is 47.7 Å². The Labute approximate surface area is 246 Å². The topological polar surface area (TPSA) is 152 Å². The van der Waals surface area contributed by atoms with Gasteiger partial charge in [-0.25, -0.2) is 4.18 Å². The van der Waals surface area contributed by atoms with Crippen molar-refractivity contribution in [1.29, 1.82) is 0 Å². The second-order valence-electron chi connectivity index (χ2n) is 10.9. The molecule has 0 saturated carbocycles. The number of unbranched alkanes of at least 4 members (excludes halogenated alkanes) is 15. The molecule has 0 aromatic heterocycles. The summed E-state index contributed by atoms with van der Waals surface area (Å²) in [5.41, 5.74) is 0. The fourth-order valence-corrected chi connectivity index (χ4v) is 5.65. The number of benzene rings is 1. The van der Waals surface area contributed by atoms with Crippen molar-refractivity contribution in [3.05, 3.63) is 24.3 Å². The number of aliphatic hydroxyl groups is 4. The van der Waals surface area contributed by atoms with Crippen molar-refractivity contribution >= 4 is 10.4 Å². The summed E-state index contributed by atoms with van der Waals surface area (Å²) in [6, 6.07) is 6.23. The van der Waals surface area contributed by atoms with Gasteiger partial charge in [-0.15, -0.1) is 0 Å². The summed E-state index contributed by atoms with van der Waals surface area (Å²) in [6.45, 7) is 1.93. The normalized spacial score (nSPS) is 23.0. The zero-order chi connectivity index (χ0) is 29.9. The van der Waals surface area contributed by atoms with Gasteiger partial charge in [-0.1, -0.05) is 115 Å². The smallest absolute Gasteiger partial charge is 0.451 e. The van der Waals surface area contributed by atoms with Crippen LogP contribution in [0.5, 0.6) is 11.5 Å². The van der Waals surface area contributed by atoms with Crippen molar-refractivity contribution in [2.75, 3.05) is 13.2 Å². The van der Waals surface area contributed by atoms with E-state index in [0.29, 0.717) is 6.61 Å². The van der Waals surface area contributed by atoms with Crippen molar-refractivity contribution in [1.82, 2.24) is 0 Å². The molecule has 10 nitrogen and oxygen atoms in total. The SMILES string of the molecule is CCCCCCCCCCCCCCCCCCOc1ccccc1OS(=O)(=O)O[C@@H]1O[C@H](CO)[C@@H](O)[C@H](O)[C@H]1O. The molecule has 0 unspecified atom stereocenters. The maximum atomic E-state index is 12.5. The molecular weight excluding hydrogens is 552 g/mol. The third-order valence-electron chi connectivity index (χ3n) is 7.36. The number of hydrogen-bond donors (Lipinski definition) is 4. The molecule has 1 aliphatic rings. The predicted octanol–water partition coefficient (Wildman–Crippen LogP) is 4.77. The Bertz CT molecular complexity index is 910. The molecule has 1 aromatic rings. The number of para-hydroxylation sites is 2. The first-order valence-corrected chi connectivity index (χ1v) is 16.8. The summed E-state index contributed by atoms with van der Waals surface area (Å²) < 4.78 is 45.6. The molecule has 238 valence electrons. The van der Waals surface area contributed by atoms with Crippen LogP contribution in [0.25, 0.3) is 0 Å². The quantitative estimate of drug-likeness (QED) is 0.129. The first-order valence-electron chi connectivity index (χ1n) is 15.4. The van der Waals surface area contributed by atoms with Gasteiger partial charge in [0.2, 0.25) is 6.29 Å². The van der Waals surface area contributed by atoms with Gasteiger partial charge < -0.3 is 34.1 Å². The second kappa shape index (κ2) is 20.4. The van der Waals surface area contributed by atoms with Gasteiger partial charge in [0, 0.05) is 0 Å². The van der Waals surface area contributed by atoms with Crippen LogP contribution in [0.3, 0.4) is 0 Å². The van der Waals surface area contributed by atoms with E-state index >= 15 is 0 Å². The van der Waals surface area contributed by atoms with Gasteiger partial charge in [0.15, 0.2) is 11.5 Å². The molecule has 1 heterocycles. The molecular formula is C30H52O10S. The van der Waals surface area contributed by atoms with Crippen LogP contribution in [0.2, 0.25) is 0 Å². The van der Waals surface area contributed by atoms with Crippen LogP contribution in [0.4, 0.5) is 0 Å². The Morgan fingerprint density at radius 3 is 1.71 bits per heavy atom. The molecule has 11 heteroatoms. The molecule has 4 N–H and O–H groups in total.